The van der Waals surface area contributed by atoms with Crippen molar-refractivity contribution >= 4 is 39.3 Å². The second-order valence-electron chi connectivity index (χ2n) is 5.59. The van der Waals surface area contributed by atoms with Crippen LogP contribution in [0.5, 0.6) is 0 Å². The molecule has 0 aromatic carbocycles. The second-order valence-corrected chi connectivity index (χ2v) is 8.28. The van der Waals surface area contributed by atoms with Gasteiger partial charge in [-0.15, -0.1) is 0 Å². The fourth-order valence-corrected chi connectivity index (χ4v) is 3.50. The molecule has 0 aliphatic rings. The molecule has 0 aliphatic heterocycles. The highest BCUT2D eigenvalue weighted by Gasteiger charge is 2.28. The number of rotatable bonds is 14. The van der Waals surface area contributed by atoms with Crippen molar-refractivity contribution in [3.8, 4) is 0 Å². The van der Waals surface area contributed by atoms with Crippen molar-refractivity contribution in [3.05, 3.63) is 0 Å². The molecule has 0 aromatic rings. The number of carbonyl (C=O) groups is 3. The van der Waals surface area contributed by atoms with Crippen molar-refractivity contribution in [2.45, 2.75) is 45.6 Å². The van der Waals surface area contributed by atoms with Crippen LogP contribution in [0.25, 0.3) is 0 Å². The first-order valence-electron chi connectivity index (χ1n) is 8.52. The van der Waals surface area contributed by atoms with E-state index in [9.17, 15) is 14.4 Å². The first-order chi connectivity index (χ1) is 12.0. The largest absolute Gasteiger partial charge is 0.359 e. The number of nitrogens with zero attached hydrogens (tertiary/aromatic N) is 1. The van der Waals surface area contributed by atoms with Gasteiger partial charge in [-0.3, -0.25) is 14.4 Å². The molecule has 0 radical (unpaired) electrons. The van der Waals surface area contributed by atoms with E-state index < -0.39 is 6.04 Å². The average Bonchev–Trinajstić information content (AvgIpc) is 2.61. The number of nitrogens with one attached hydrogen (secondary N) is 3. The standard InChI is InChI=1S/C16H32N4O3S2.CH4/c1-17-9-10-19-16(23)13(12-14(21)18-2)20(3)15(22)8-6-5-7-11-25-24-4;/h13,17H,5-12H2,1-4H3,(H,18,21)(H,19,23);1H4/t13-;/m0./s1. The summed E-state index contributed by atoms with van der Waals surface area (Å²) in [5, 5.41) is 8.21. The van der Waals surface area contributed by atoms with E-state index in [1.54, 1.807) is 24.9 Å². The van der Waals surface area contributed by atoms with Crippen molar-refractivity contribution in [1.29, 1.82) is 0 Å². The Kier molecular flexibility index (Phi) is 18.3. The van der Waals surface area contributed by atoms with E-state index in [0.29, 0.717) is 19.5 Å². The van der Waals surface area contributed by atoms with Crippen LogP contribution < -0.4 is 16.0 Å². The first kappa shape index (κ1) is 27.3. The number of amides is 3. The molecule has 3 N–H and O–H groups in total. The molecule has 3 amide bonds. The van der Waals surface area contributed by atoms with Crippen molar-refractivity contribution < 1.29 is 14.4 Å². The van der Waals surface area contributed by atoms with Crippen LogP contribution in [0, 0.1) is 0 Å². The Hall–Kier alpha value is -0.930. The maximum absolute atomic E-state index is 12.4. The van der Waals surface area contributed by atoms with Crippen molar-refractivity contribution in [3.63, 3.8) is 0 Å². The zero-order valence-electron chi connectivity index (χ0n) is 15.7. The van der Waals surface area contributed by atoms with Crippen LogP contribution in [0.4, 0.5) is 0 Å². The maximum Gasteiger partial charge on any atom is 0.243 e. The summed E-state index contributed by atoms with van der Waals surface area (Å²) < 4.78 is 0. The minimum Gasteiger partial charge on any atom is -0.359 e. The van der Waals surface area contributed by atoms with Gasteiger partial charge in [-0.05, 0) is 26.1 Å². The van der Waals surface area contributed by atoms with Gasteiger partial charge in [0.1, 0.15) is 6.04 Å². The van der Waals surface area contributed by atoms with Crippen molar-refractivity contribution in [2.24, 2.45) is 0 Å². The number of carbonyl (C=O) groups excluding carboxylic acids is 3. The third kappa shape index (κ3) is 12.4. The van der Waals surface area contributed by atoms with Gasteiger partial charge in [-0.1, -0.05) is 35.4 Å². The minimum atomic E-state index is -0.781. The topological polar surface area (TPSA) is 90.5 Å². The first-order valence-corrected chi connectivity index (χ1v) is 11.2. The predicted octanol–water partition coefficient (Wildman–Crippen LogP) is 1.49. The van der Waals surface area contributed by atoms with Gasteiger partial charge in [0.05, 0.1) is 6.42 Å². The van der Waals surface area contributed by atoms with Crippen LogP contribution >= 0.6 is 21.6 Å². The predicted molar refractivity (Wildman–Crippen MR) is 113 cm³/mol. The van der Waals surface area contributed by atoms with Gasteiger partial charge in [-0.2, -0.15) is 0 Å². The quantitative estimate of drug-likeness (QED) is 0.298. The molecular weight excluding hydrogens is 372 g/mol. The summed E-state index contributed by atoms with van der Waals surface area (Å²) in [5.41, 5.74) is 0. The van der Waals surface area contributed by atoms with Gasteiger partial charge in [0.15, 0.2) is 0 Å². The van der Waals surface area contributed by atoms with Crippen LogP contribution in [0.1, 0.15) is 39.5 Å². The molecule has 0 saturated carbocycles. The summed E-state index contributed by atoms with van der Waals surface area (Å²) in [6.07, 6.45) is 5.28. The van der Waals surface area contributed by atoms with Gasteiger partial charge in [0.25, 0.3) is 0 Å². The number of hydrogen-bond acceptors (Lipinski definition) is 6. The lowest BCUT2D eigenvalue weighted by molar-refractivity contribution is -0.141. The summed E-state index contributed by atoms with van der Waals surface area (Å²) in [7, 11) is 8.48. The minimum absolute atomic E-state index is 0. The van der Waals surface area contributed by atoms with Crippen LogP contribution in [0.3, 0.4) is 0 Å². The van der Waals surface area contributed by atoms with Crippen LogP contribution in [-0.2, 0) is 14.4 Å². The number of unbranched alkanes of at least 4 members (excludes halogenated alkanes) is 2. The molecule has 0 saturated heterocycles. The lowest BCUT2D eigenvalue weighted by Crippen LogP contribution is -2.50. The molecule has 0 spiro atoms. The molecule has 0 bridgehead atoms. The molecule has 0 fully saturated rings. The summed E-state index contributed by atoms with van der Waals surface area (Å²) >= 11 is 0. The third-order valence-corrected chi connectivity index (χ3v) is 5.63. The summed E-state index contributed by atoms with van der Waals surface area (Å²) in [6, 6.07) is -0.781. The maximum atomic E-state index is 12.4. The molecule has 0 rings (SSSR count). The molecule has 7 nitrogen and oxygen atoms in total. The highest BCUT2D eigenvalue weighted by molar-refractivity contribution is 8.76. The monoisotopic (exact) mass is 408 g/mol. The Morgan fingerprint density at radius 1 is 1.08 bits per heavy atom. The van der Waals surface area contributed by atoms with E-state index in [-0.39, 0.29) is 31.6 Å². The Morgan fingerprint density at radius 3 is 2.35 bits per heavy atom. The molecule has 0 aromatic heterocycles. The lowest BCUT2D eigenvalue weighted by atomic mass is 10.1. The third-order valence-electron chi connectivity index (χ3n) is 3.73. The Labute approximate surface area is 166 Å². The van der Waals surface area contributed by atoms with Gasteiger partial charge in [-0.25, -0.2) is 0 Å². The molecule has 154 valence electrons. The molecule has 0 heterocycles. The molecule has 0 unspecified atom stereocenters. The van der Waals surface area contributed by atoms with Gasteiger partial charge in [0, 0.05) is 39.4 Å². The van der Waals surface area contributed by atoms with Gasteiger partial charge in [0.2, 0.25) is 17.7 Å². The van der Waals surface area contributed by atoms with E-state index in [4.69, 9.17) is 0 Å². The molecule has 26 heavy (non-hydrogen) atoms. The lowest BCUT2D eigenvalue weighted by Gasteiger charge is -2.27. The van der Waals surface area contributed by atoms with Crippen LogP contribution in [0.15, 0.2) is 0 Å². The fourth-order valence-electron chi connectivity index (χ4n) is 2.16. The van der Waals surface area contributed by atoms with E-state index >= 15 is 0 Å². The highest BCUT2D eigenvalue weighted by atomic mass is 33.1. The van der Waals surface area contributed by atoms with Crippen LogP contribution in [0.2, 0.25) is 0 Å². The Bertz CT molecular complexity index is 411. The highest BCUT2D eigenvalue weighted by Crippen LogP contribution is 2.19. The zero-order valence-corrected chi connectivity index (χ0v) is 17.4. The molecule has 9 heteroatoms. The summed E-state index contributed by atoms with van der Waals surface area (Å²) in [5.74, 6) is 0.419. The van der Waals surface area contributed by atoms with Crippen LogP contribution in [-0.4, -0.2) is 74.9 Å². The zero-order chi connectivity index (χ0) is 19.1. The van der Waals surface area contributed by atoms with Crippen molar-refractivity contribution in [2.75, 3.05) is 46.2 Å². The smallest absolute Gasteiger partial charge is 0.243 e. The van der Waals surface area contributed by atoms with E-state index in [0.717, 1.165) is 25.0 Å². The summed E-state index contributed by atoms with van der Waals surface area (Å²) in [6.45, 7) is 1.08. The summed E-state index contributed by atoms with van der Waals surface area (Å²) in [4.78, 5) is 37.8. The molecular formula is C17H36N4O3S2. The van der Waals surface area contributed by atoms with E-state index in [1.807, 2.05) is 10.8 Å². The second kappa shape index (κ2) is 17.5. The number of likely N-dealkylation sites (N-methyl/N-ethyl adjacent to an activating group) is 2. The fraction of sp³-hybridized carbons (Fsp3) is 0.824. The van der Waals surface area contributed by atoms with E-state index in [2.05, 4.69) is 22.2 Å². The molecule has 0 aliphatic carbocycles. The normalized spacial score (nSPS) is 11.2. The number of hydrogen-bond donors (Lipinski definition) is 3. The van der Waals surface area contributed by atoms with Crippen molar-refractivity contribution in [1.82, 2.24) is 20.9 Å². The Morgan fingerprint density at radius 2 is 1.77 bits per heavy atom. The molecule has 1 atom stereocenters. The average molecular weight is 409 g/mol. The SMILES string of the molecule is C.CNCCNC(=O)[C@H](CC(=O)NC)N(C)C(=O)CCCCCSSC. The Balaban J connectivity index is 0. The van der Waals surface area contributed by atoms with Gasteiger partial charge >= 0.3 is 0 Å². The van der Waals surface area contributed by atoms with E-state index in [1.165, 1.54) is 11.9 Å². The van der Waals surface area contributed by atoms with Gasteiger partial charge < -0.3 is 20.9 Å².